The summed E-state index contributed by atoms with van der Waals surface area (Å²) >= 11 is 6.51. The summed E-state index contributed by atoms with van der Waals surface area (Å²) in [5, 5.41) is 15.9. The van der Waals surface area contributed by atoms with Gasteiger partial charge < -0.3 is 9.84 Å². The van der Waals surface area contributed by atoms with E-state index in [0.29, 0.717) is 20.9 Å². The van der Waals surface area contributed by atoms with Crippen LogP contribution in [0.5, 0.6) is 5.88 Å². The number of benzene rings is 2. The van der Waals surface area contributed by atoms with Crippen LogP contribution in [0.2, 0.25) is 0 Å². The van der Waals surface area contributed by atoms with Crippen molar-refractivity contribution in [2.24, 2.45) is 10.1 Å². The standard InChI is InChI=1S/C21H21N3O5S3/c1-2-29-20(26)17(12-14-6-4-3-5-7-14)24-19(25)18(31-21(24)30)13-23-15-8-10-16(11-9-15)32(22,27)28/h3-11,13,17,25H,2,12H2,1H3,(H2,22,27,28)/t17-/m0/s1. The number of nitrogens with zero attached hydrogens (tertiary/aromatic N) is 2. The molecule has 1 heterocycles. The fourth-order valence-corrected chi connectivity index (χ4v) is 4.76. The van der Waals surface area contributed by atoms with E-state index in [1.807, 2.05) is 30.3 Å². The highest BCUT2D eigenvalue weighted by Gasteiger charge is 2.27. The van der Waals surface area contributed by atoms with Gasteiger partial charge in [-0.1, -0.05) is 41.7 Å². The van der Waals surface area contributed by atoms with Gasteiger partial charge >= 0.3 is 5.97 Å². The number of esters is 1. The number of aromatic hydroxyl groups is 1. The molecule has 0 saturated carbocycles. The number of ether oxygens (including phenoxy) is 1. The van der Waals surface area contributed by atoms with Gasteiger partial charge in [0.25, 0.3) is 0 Å². The molecule has 1 atom stereocenters. The topological polar surface area (TPSA) is 124 Å². The molecule has 3 rings (SSSR count). The van der Waals surface area contributed by atoms with Gasteiger partial charge in [0.2, 0.25) is 15.9 Å². The molecule has 0 amide bonds. The minimum absolute atomic E-state index is 0.0284. The van der Waals surface area contributed by atoms with E-state index in [1.54, 1.807) is 6.92 Å². The number of hydrogen-bond acceptors (Lipinski definition) is 8. The summed E-state index contributed by atoms with van der Waals surface area (Å²) in [4.78, 5) is 17.2. The molecule has 3 N–H and O–H groups in total. The number of aliphatic imine (C=N–C) groups is 1. The van der Waals surface area contributed by atoms with Gasteiger partial charge in [0, 0.05) is 6.42 Å². The van der Waals surface area contributed by atoms with Gasteiger partial charge in [0.15, 0.2) is 3.95 Å². The monoisotopic (exact) mass is 491 g/mol. The molecule has 168 valence electrons. The van der Waals surface area contributed by atoms with Crippen molar-refractivity contribution in [3.8, 4) is 5.88 Å². The van der Waals surface area contributed by atoms with Crippen molar-refractivity contribution in [1.82, 2.24) is 4.57 Å². The second-order valence-corrected chi connectivity index (χ2v) is 9.92. The molecular formula is C21H21N3O5S3. The fraction of sp³-hybridized carbons (Fsp3) is 0.190. The third-order valence-corrected chi connectivity index (χ3v) is 6.74. The Kier molecular flexibility index (Phi) is 7.56. The highest BCUT2D eigenvalue weighted by Crippen LogP contribution is 2.31. The predicted octanol–water partition coefficient (Wildman–Crippen LogP) is 3.73. The van der Waals surface area contributed by atoms with E-state index in [0.717, 1.165) is 16.9 Å². The third-order valence-electron chi connectivity index (χ3n) is 4.48. The van der Waals surface area contributed by atoms with E-state index in [2.05, 4.69) is 4.99 Å². The van der Waals surface area contributed by atoms with Crippen molar-refractivity contribution in [3.63, 3.8) is 0 Å². The number of thiazole rings is 1. The highest BCUT2D eigenvalue weighted by atomic mass is 32.2. The number of aromatic nitrogens is 1. The van der Waals surface area contributed by atoms with Crippen molar-refractivity contribution in [3.05, 3.63) is 69.0 Å². The van der Waals surface area contributed by atoms with Crippen molar-refractivity contribution in [2.45, 2.75) is 24.3 Å². The normalized spacial score (nSPS) is 12.7. The minimum Gasteiger partial charge on any atom is -0.493 e. The van der Waals surface area contributed by atoms with Crippen molar-refractivity contribution < 1.29 is 23.1 Å². The maximum Gasteiger partial charge on any atom is 0.329 e. The molecule has 32 heavy (non-hydrogen) atoms. The summed E-state index contributed by atoms with van der Waals surface area (Å²) in [6.07, 6.45) is 1.70. The molecule has 0 aliphatic rings. The molecule has 0 radical (unpaired) electrons. The average Bonchev–Trinajstić information content (AvgIpc) is 3.04. The Morgan fingerprint density at radius 3 is 2.50 bits per heavy atom. The summed E-state index contributed by atoms with van der Waals surface area (Å²) in [7, 11) is -3.79. The van der Waals surface area contributed by atoms with Crippen molar-refractivity contribution in [1.29, 1.82) is 0 Å². The number of hydrogen-bond donors (Lipinski definition) is 2. The number of sulfonamides is 1. The van der Waals surface area contributed by atoms with Crippen LogP contribution in [0, 0.1) is 3.95 Å². The lowest BCUT2D eigenvalue weighted by Gasteiger charge is -2.18. The Morgan fingerprint density at radius 1 is 1.25 bits per heavy atom. The van der Waals surface area contributed by atoms with E-state index in [-0.39, 0.29) is 17.4 Å². The number of rotatable bonds is 8. The van der Waals surface area contributed by atoms with Crippen LogP contribution >= 0.6 is 23.6 Å². The van der Waals surface area contributed by atoms with Gasteiger partial charge in [0.05, 0.1) is 23.4 Å². The summed E-state index contributed by atoms with van der Waals surface area (Å²) in [6, 6.07) is 14.2. The zero-order chi connectivity index (χ0) is 23.3. The lowest BCUT2D eigenvalue weighted by atomic mass is 10.1. The summed E-state index contributed by atoms with van der Waals surface area (Å²) in [6.45, 7) is 1.91. The Balaban J connectivity index is 1.92. The molecule has 0 fully saturated rings. The summed E-state index contributed by atoms with van der Waals surface area (Å²) < 4.78 is 29.6. The highest BCUT2D eigenvalue weighted by molar-refractivity contribution is 7.89. The summed E-state index contributed by atoms with van der Waals surface area (Å²) in [5.41, 5.74) is 1.34. The van der Waals surface area contributed by atoms with Gasteiger partial charge in [-0.2, -0.15) is 0 Å². The first kappa shape index (κ1) is 23.8. The molecule has 11 heteroatoms. The smallest absolute Gasteiger partial charge is 0.329 e. The Labute approximate surface area is 194 Å². The number of carbonyl (C=O) groups excluding carboxylic acids is 1. The van der Waals surface area contributed by atoms with Crippen LogP contribution in [0.25, 0.3) is 0 Å². The van der Waals surface area contributed by atoms with Gasteiger partial charge in [0.1, 0.15) is 10.9 Å². The lowest BCUT2D eigenvalue weighted by molar-refractivity contribution is -0.147. The van der Waals surface area contributed by atoms with Crippen LogP contribution in [0.3, 0.4) is 0 Å². The first-order valence-electron chi connectivity index (χ1n) is 9.52. The SMILES string of the molecule is CCOC(=O)[C@H](Cc1ccccc1)n1c(O)c(C=Nc2ccc(S(N)(=O)=O)cc2)sc1=S. The fourth-order valence-electron chi connectivity index (χ4n) is 2.96. The zero-order valence-corrected chi connectivity index (χ0v) is 19.5. The molecule has 3 aromatic rings. The average molecular weight is 492 g/mol. The first-order chi connectivity index (χ1) is 15.2. The number of carbonyl (C=O) groups is 1. The van der Waals surface area contributed by atoms with Crippen LogP contribution in [0.1, 0.15) is 23.4 Å². The lowest BCUT2D eigenvalue weighted by Crippen LogP contribution is -2.24. The quantitative estimate of drug-likeness (QED) is 0.281. The maximum atomic E-state index is 12.7. The molecule has 0 saturated heterocycles. The molecule has 0 bridgehead atoms. The number of primary sulfonamides is 1. The minimum atomic E-state index is -3.79. The van der Waals surface area contributed by atoms with E-state index in [9.17, 15) is 18.3 Å². The molecule has 0 unspecified atom stereocenters. The summed E-state index contributed by atoms with van der Waals surface area (Å²) in [5.74, 6) is -0.693. The first-order valence-corrected chi connectivity index (χ1v) is 12.3. The second kappa shape index (κ2) is 10.2. The Bertz CT molecular complexity index is 1280. The Morgan fingerprint density at radius 2 is 1.91 bits per heavy atom. The molecule has 1 aromatic heterocycles. The second-order valence-electron chi connectivity index (χ2n) is 6.68. The van der Waals surface area contributed by atoms with Gasteiger partial charge in [-0.05, 0) is 49.0 Å². The molecule has 2 aromatic carbocycles. The van der Waals surface area contributed by atoms with Crippen LogP contribution in [0.4, 0.5) is 5.69 Å². The van der Waals surface area contributed by atoms with E-state index < -0.39 is 22.0 Å². The van der Waals surface area contributed by atoms with Crippen molar-refractivity contribution in [2.75, 3.05) is 6.61 Å². The maximum absolute atomic E-state index is 12.7. The molecular weight excluding hydrogens is 470 g/mol. The van der Waals surface area contributed by atoms with E-state index in [1.165, 1.54) is 35.0 Å². The van der Waals surface area contributed by atoms with Crippen LogP contribution < -0.4 is 5.14 Å². The zero-order valence-electron chi connectivity index (χ0n) is 17.0. The molecule has 0 spiro atoms. The largest absolute Gasteiger partial charge is 0.493 e. The predicted molar refractivity (Wildman–Crippen MR) is 126 cm³/mol. The van der Waals surface area contributed by atoms with E-state index in [4.69, 9.17) is 22.1 Å². The van der Waals surface area contributed by atoms with Crippen molar-refractivity contribution >= 4 is 51.4 Å². The van der Waals surface area contributed by atoms with E-state index >= 15 is 0 Å². The van der Waals surface area contributed by atoms with Crippen LogP contribution in [-0.4, -0.2) is 36.9 Å². The van der Waals surface area contributed by atoms with Gasteiger partial charge in [-0.3, -0.25) is 9.56 Å². The molecule has 0 aliphatic carbocycles. The van der Waals surface area contributed by atoms with Gasteiger partial charge in [-0.25, -0.2) is 18.4 Å². The molecule has 0 aliphatic heterocycles. The van der Waals surface area contributed by atoms with Crippen LogP contribution in [-0.2, 0) is 26.0 Å². The Hall–Kier alpha value is -2.86. The van der Waals surface area contributed by atoms with Crippen LogP contribution in [0.15, 0.2) is 64.5 Å². The third kappa shape index (κ3) is 5.68. The molecule has 8 nitrogen and oxygen atoms in total. The van der Waals surface area contributed by atoms with Gasteiger partial charge in [-0.15, -0.1) is 0 Å². The number of nitrogens with two attached hydrogens (primary N) is 1.